The molecule has 17 heavy (non-hydrogen) atoms. The molecule has 5 heteroatoms. The number of nitrogens with zero attached hydrogens (tertiary/aromatic N) is 2. The van der Waals surface area contributed by atoms with Gasteiger partial charge < -0.3 is 15.0 Å². The highest BCUT2D eigenvalue weighted by Gasteiger charge is 2.32. The van der Waals surface area contributed by atoms with Gasteiger partial charge in [0.25, 0.3) is 0 Å². The third kappa shape index (κ3) is 2.66. The molecule has 1 aromatic heterocycles. The van der Waals surface area contributed by atoms with Crippen molar-refractivity contribution in [3.8, 4) is 0 Å². The van der Waals surface area contributed by atoms with Crippen molar-refractivity contribution in [2.45, 2.75) is 45.1 Å². The first-order valence-electron chi connectivity index (χ1n) is 6.41. The normalized spacial score (nSPS) is 26.3. The minimum Gasteiger partial charge on any atom is -0.371 e. The number of aromatic nitrogens is 2. The van der Waals surface area contributed by atoms with Gasteiger partial charge in [-0.15, -0.1) is 0 Å². The van der Waals surface area contributed by atoms with Gasteiger partial charge in [-0.3, -0.25) is 0 Å². The highest BCUT2D eigenvalue weighted by Crippen LogP contribution is 2.38. The molecule has 0 aliphatic heterocycles. The number of hydrogen-bond acceptors (Lipinski definition) is 5. The van der Waals surface area contributed by atoms with Crippen LogP contribution in [-0.2, 0) is 4.74 Å². The lowest BCUT2D eigenvalue weighted by atomic mass is 9.96. The van der Waals surface area contributed by atoms with Crippen molar-refractivity contribution in [1.82, 2.24) is 10.1 Å². The Labute approximate surface area is 102 Å². The first kappa shape index (κ1) is 12.5. The van der Waals surface area contributed by atoms with E-state index in [-0.39, 0.29) is 6.10 Å². The third-order valence-electron chi connectivity index (χ3n) is 3.52. The molecule has 96 valence electrons. The average molecular weight is 239 g/mol. The zero-order valence-electron chi connectivity index (χ0n) is 10.6. The van der Waals surface area contributed by atoms with E-state index in [1.54, 1.807) is 0 Å². The Kier molecular flexibility index (Phi) is 4.12. The van der Waals surface area contributed by atoms with Crippen LogP contribution >= 0.6 is 0 Å². The fourth-order valence-electron chi connectivity index (χ4n) is 2.53. The van der Waals surface area contributed by atoms with Crippen LogP contribution in [0.3, 0.4) is 0 Å². The molecule has 1 aromatic rings. The summed E-state index contributed by atoms with van der Waals surface area (Å²) in [4.78, 5) is 4.45. The van der Waals surface area contributed by atoms with Crippen LogP contribution in [-0.4, -0.2) is 23.3 Å². The zero-order valence-corrected chi connectivity index (χ0v) is 10.6. The summed E-state index contributed by atoms with van der Waals surface area (Å²) in [7, 11) is 0. The minimum atomic E-state index is -0.102. The molecule has 3 unspecified atom stereocenters. The molecule has 1 aliphatic rings. The second kappa shape index (κ2) is 5.60. The predicted molar refractivity (Wildman–Crippen MR) is 63.5 cm³/mol. The maximum Gasteiger partial charge on any atom is 0.230 e. The summed E-state index contributed by atoms with van der Waals surface area (Å²) in [6.07, 6.45) is 3.37. The molecule has 5 nitrogen and oxygen atoms in total. The predicted octanol–water partition coefficient (Wildman–Crippen LogP) is 2.01. The third-order valence-corrected chi connectivity index (χ3v) is 3.52. The van der Waals surface area contributed by atoms with E-state index >= 15 is 0 Å². The van der Waals surface area contributed by atoms with Gasteiger partial charge in [-0.25, -0.2) is 0 Å². The number of ether oxygens (including phenoxy) is 1. The van der Waals surface area contributed by atoms with E-state index in [0.717, 1.165) is 12.3 Å². The maximum atomic E-state index is 5.76. The quantitative estimate of drug-likeness (QED) is 0.850. The van der Waals surface area contributed by atoms with Crippen LogP contribution in [0.5, 0.6) is 0 Å². The monoisotopic (exact) mass is 239 g/mol. The molecule has 0 aromatic carbocycles. The second-order valence-electron chi connectivity index (χ2n) is 4.62. The standard InChI is InChI=1S/C12H21N3O2/c1-3-16-8(2)11-14-12(17-15-11)10-6-4-5-9(10)7-13/h8-10H,3-7,13H2,1-2H3. The Morgan fingerprint density at radius 1 is 1.53 bits per heavy atom. The van der Waals surface area contributed by atoms with Crippen LogP contribution in [0.1, 0.15) is 56.8 Å². The van der Waals surface area contributed by atoms with Gasteiger partial charge in [-0.2, -0.15) is 4.98 Å². The van der Waals surface area contributed by atoms with E-state index < -0.39 is 0 Å². The minimum absolute atomic E-state index is 0.102. The summed E-state index contributed by atoms with van der Waals surface area (Å²) in [5, 5.41) is 4.00. The lowest BCUT2D eigenvalue weighted by Gasteiger charge is -2.12. The van der Waals surface area contributed by atoms with Gasteiger partial charge >= 0.3 is 0 Å². The Morgan fingerprint density at radius 2 is 2.35 bits per heavy atom. The molecular weight excluding hydrogens is 218 g/mol. The molecule has 0 saturated heterocycles. The Bertz CT molecular complexity index is 353. The van der Waals surface area contributed by atoms with E-state index in [2.05, 4.69) is 10.1 Å². The number of nitrogens with two attached hydrogens (primary N) is 1. The average Bonchev–Trinajstić information content (AvgIpc) is 2.97. The number of hydrogen-bond donors (Lipinski definition) is 1. The fraction of sp³-hybridized carbons (Fsp3) is 0.833. The molecule has 0 radical (unpaired) electrons. The Hall–Kier alpha value is -0.940. The van der Waals surface area contributed by atoms with Gasteiger partial charge in [-0.05, 0) is 39.2 Å². The molecule has 1 saturated carbocycles. The van der Waals surface area contributed by atoms with Crippen LogP contribution in [0.15, 0.2) is 4.52 Å². The molecule has 3 atom stereocenters. The lowest BCUT2D eigenvalue weighted by molar-refractivity contribution is 0.0683. The van der Waals surface area contributed by atoms with Crippen LogP contribution in [0.25, 0.3) is 0 Å². The fourth-order valence-corrected chi connectivity index (χ4v) is 2.53. The van der Waals surface area contributed by atoms with Gasteiger partial charge in [0, 0.05) is 12.5 Å². The van der Waals surface area contributed by atoms with Crippen molar-refractivity contribution in [3.63, 3.8) is 0 Å². The summed E-state index contributed by atoms with van der Waals surface area (Å²) in [6.45, 7) is 5.25. The van der Waals surface area contributed by atoms with E-state index in [1.165, 1.54) is 12.8 Å². The smallest absolute Gasteiger partial charge is 0.230 e. The first-order chi connectivity index (χ1) is 8.26. The molecule has 0 spiro atoms. The van der Waals surface area contributed by atoms with Gasteiger partial charge in [0.2, 0.25) is 5.89 Å². The van der Waals surface area contributed by atoms with Crippen molar-refractivity contribution < 1.29 is 9.26 Å². The molecule has 2 N–H and O–H groups in total. The summed E-state index contributed by atoms with van der Waals surface area (Å²) < 4.78 is 10.8. The zero-order chi connectivity index (χ0) is 12.3. The summed E-state index contributed by atoms with van der Waals surface area (Å²) in [5.41, 5.74) is 5.76. The second-order valence-corrected chi connectivity index (χ2v) is 4.62. The van der Waals surface area contributed by atoms with E-state index in [4.69, 9.17) is 15.0 Å². The summed E-state index contributed by atoms with van der Waals surface area (Å²) in [5.74, 6) is 2.21. The van der Waals surface area contributed by atoms with Crippen LogP contribution < -0.4 is 5.73 Å². The summed E-state index contributed by atoms with van der Waals surface area (Å²) in [6, 6.07) is 0. The maximum absolute atomic E-state index is 5.76. The molecule has 2 rings (SSSR count). The van der Waals surface area contributed by atoms with Crippen molar-refractivity contribution in [3.05, 3.63) is 11.7 Å². The molecule has 1 heterocycles. The van der Waals surface area contributed by atoms with Crippen LogP contribution in [0, 0.1) is 5.92 Å². The molecule has 0 bridgehead atoms. The van der Waals surface area contributed by atoms with E-state index in [1.807, 2.05) is 13.8 Å². The van der Waals surface area contributed by atoms with E-state index in [0.29, 0.717) is 30.8 Å². The van der Waals surface area contributed by atoms with Crippen molar-refractivity contribution >= 4 is 0 Å². The van der Waals surface area contributed by atoms with E-state index in [9.17, 15) is 0 Å². The molecular formula is C12H21N3O2. The largest absolute Gasteiger partial charge is 0.371 e. The molecule has 1 aliphatic carbocycles. The van der Waals surface area contributed by atoms with Gasteiger partial charge in [0.15, 0.2) is 5.82 Å². The van der Waals surface area contributed by atoms with Crippen molar-refractivity contribution in [2.75, 3.05) is 13.2 Å². The highest BCUT2D eigenvalue weighted by molar-refractivity contribution is 5.01. The van der Waals surface area contributed by atoms with Gasteiger partial charge in [-0.1, -0.05) is 11.6 Å². The molecule has 0 amide bonds. The lowest BCUT2D eigenvalue weighted by Crippen LogP contribution is -2.17. The highest BCUT2D eigenvalue weighted by atomic mass is 16.5. The van der Waals surface area contributed by atoms with Crippen LogP contribution in [0.2, 0.25) is 0 Å². The topological polar surface area (TPSA) is 74.2 Å². The van der Waals surface area contributed by atoms with Crippen LogP contribution in [0.4, 0.5) is 0 Å². The number of rotatable bonds is 5. The SMILES string of the molecule is CCOC(C)c1noc(C2CCCC2CN)n1. The Morgan fingerprint density at radius 3 is 3.06 bits per heavy atom. The summed E-state index contributed by atoms with van der Waals surface area (Å²) >= 11 is 0. The van der Waals surface area contributed by atoms with Crippen molar-refractivity contribution in [1.29, 1.82) is 0 Å². The molecule has 1 fully saturated rings. The first-order valence-corrected chi connectivity index (χ1v) is 6.41. The van der Waals surface area contributed by atoms with Gasteiger partial charge in [0.05, 0.1) is 0 Å². The van der Waals surface area contributed by atoms with Crippen molar-refractivity contribution in [2.24, 2.45) is 11.7 Å². The Balaban J connectivity index is 2.07. The van der Waals surface area contributed by atoms with Gasteiger partial charge in [0.1, 0.15) is 6.10 Å².